The van der Waals surface area contributed by atoms with Crippen molar-refractivity contribution in [2.45, 2.75) is 0 Å². The first-order valence-electron chi connectivity index (χ1n) is 2.50. The molecule has 1 rings (SSSR count). The number of nitrogens with zero attached hydrogens (tertiary/aromatic N) is 1. The Labute approximate surface area is 57.8 Å². The predicted octanol–water partition coefficient (Wildman–Crippen LogP) is 1.41. The number of anilines is 1. The van der Waals surface area contributed by atoms with Gasteiger partial charge in [0.2, 0.25) is 0 Å². The molecule has 0 saturated heterocycles. The van der Waals surface area contributed by atoms with E-state index in [9.17, 15) is 0 Å². The number of nitrogens with one attached hydrogen (secondary N) is 1. The lowest BCUT2D eigenvalue weighted by Crippen LogP contribution is -2.15. The van der Waals surface area contributed by atoms with Crippen LogP contribution in [0.4, 0.5) is 5.82 Å². The zero-order chi connectivity index (χ0) is 6.69. The van der Waals surface area contributed by atoms with Gasteiger partial charge in [0.1, 0.15) is 11.8 Å². The topological polar surface area (TPSA) is 39.3 Å². The normalized spacial score (nSPS) is 9.56. The summed E-state index contributed by atoms with van der Waals surface area (Å²) in [6, 6.07) is 3.58. The Balaban J connectivity index is 2.65. The number of alkyl halides is 1. The van der Waals surface area contributed by atoms with Gasteiger partial charge < -0.3 is 4.98 Å². The Morgan fingerprint density at radius 3 is 3.00 bits per heavy atom. The summed E-state index contributed by atoms with van der Waals surface area (Å²) in [7, 11) is 0. The quantitative estimate of drug-likeness (QED) is 0.376. The van der Waals surface area contributed by atoms with E-state index in [1.807, 2.05) is 0 Å². The number of hydroxylamine groups is 1. The molecule has 0 unspecified atom stereocenters. The monoisotopic (exact) mass is 146 g/mol. The molecule has 1 aromatic heterocycles. The van der Waals surface area contributed by atoms with Crippen molar-refractivity contribution in [3.63, 3.8) is 0 Å². The van der Waals surface area contributed by atoms with Crippen LogP contribution in [0.25, 0.3) is 0 Å². The standard InChI is InChI=1S/C5H7ClN2O/c6-4-8(9)5-2-1-3-7-5/h1-3,7,9H,4H2. The Morgan fingerprint density at radius 1 is 1.78 bits per heavy atom. The molecule has 2 N–H and O–H groups in total. The number of halogens is 1. The zero-order valence-electron chi connectivity index (χ0n) is 4.71. The molecule has 1 heterocycles. The lowest BCUT2D eigenvalue weighted by molar-refractivity contribution is 0.270. The van der Waals surface area contributed by atoms with E-state index in [2.05, 4.69) is 4.98 Å². The maximum atomic E-state index is 8.89. The molecule has 0 aromatic carbocycles. The minimum atomic E-state index is 0.0700. The molecule has 0 aliphatic carbocycles. The molecule has 50 valence electrons. The SMILES string of the molecule is ON(CCl)c1ccc[nH]1. The van der Waals surface area contributed by atoms with Gasteiger partial charge in [-0.15, -0.1) is 11.6 Å². The third-order valence-electron chi connectivity index (χ3n) is 0.973. The number of rotatable bonds is 2. The molecule has 0 amide bonds. The van der Waals surface area contributed by atoms with Crippen LogP contribution in [0.15, 0.2) is 18.3 Å². The van der Waals surface area contributed by atoms with Crippen LogP contribution in [0.3, 0.4) is 0 Å². The highest BCUT2D eigenvalue weighted by atomic mass is 35.5. The van der Waals surface area contributed by atoms with E-state index in [0.29, 0.717) is 5.82 Å². The molecular formula is C5H7ClN2O. The van der Waals surface area contributed by atoms with Crippen LogP contribution in [0.1, 0.15) is 0 Å². The fraction of sp³-hybridized carbons (Fsp3) is 0.200. The number of aromatic nitrogens is 1. The van der Waals surface area contributed by atoms with Crippen LogP contribution in [-0.2, 0) is 0 Å². The van der Waals surface area contributed by atoms with E-state index in [1.54, 1.807) is 18.3 Å². The summed E-state index contributed by atoms with van der Waals surface area (Å²) in [5, 5.41) is 9.81. The van der Waals surface area contributed by atoms with E-state index < -0.39 is 0 Å². The van der Waals surface area contributed by atoms with Crippen molar-refractivity contribution >= 4 is 17.4 Å². The van der Waals surface area contributed by atoms with Crippen molar-refractivity contribution in [2.24, 2.45) is 0 Å². The van der Waals surface area contributed by atoms with E-state index in [-0.39, 0.29) is 6.00 Å². The van der Waals surface area contributed by atoms with Gasteiger partial charge in [0.15, 0.2) is 0 Å². The molecular weight excluding hydrogens is 140 g/mol. The summed E-state index contributed by atoms with van der Waals surface area (Å²) in [6.45, 7) is 0. The minimum absolute atomic E-state index is 0.0700. The van der Waals surface area contributed by atoms with Crippen molar-refractivity contribution in [3.8, 4) is 0 Å². The third-order valence-corrected chi connectivity index (χ3v) is 1.20. The molecule has 3 nitrogen and oxygen atoms in total. The lowest BCUT2D eigenvalue weighted by Gasteiger charge is -2.08. The van der Waals surface area contributed by atoms with Gasteiger partial charge in [-0.05, 0) is 12.1 Å². The Morgan fingerprint density at radius 2 is 2.56 bits per heavy atom. The molecule has 0 aliphatic heterocycles. The van der Waals surface area contributed by atoms with E-state index >= 15 is 0 Å². The highest BCUT2D eigenvalue weighted by Gasteiger charge is 1.97. The zero-order valence-corrected chi connectivity index (χ0v) is 5.47. The number of hydrogen-bond acceptors (Lipinski definition) is 2. The van der Waals surface area contributed by atoms with E-state index in [1.165, 1.54) is 0 Å². The summed E-state index contributed by atoms with van der Waals surface area (Å²) in [5.74, 6) is 0.602. The fourth-order valence-corrected chi connectivity index (χ4v) is 0.675. The highest BCUT2D eigenvalue weighted by Crippen LogP contribution is 2.06. The van der Waals surface area contributed by atoms with Gasteiger partial charge in [0.25, 0.3) is 0 Å². The molecule has 4 heteroatoms. The van der Waals surface area contributed by atoms with Crippen LogP contribution in [0.2, 0.25) is 0 Å². The molecule has 0 bridgehead atoms. The average molecular weight is 147 g/mol. The molecule has 0 aliphatic rings. The first-order chi connectivity index (χ1) is 4.34. The van der Waals surface area contributed by atoms with Crippen molar-refractivity contribution in [3.05, 3.63) is 18.3 Å². The van der Waals surface area contributed by atoms with Gasteiger partial charge in [0, 0.05) is 6.20 Å². The Hall–Kier alpha value is -0.670. The second-order valence-electron chi connectivity index (χ2n) is 1.57. The van der Waals surface area contributed by atoms with Crippen LogP contribution < -0.4 is 5.06 Å². The van der Waals surface area contributed by atoms with Gasteiger partial charge in [-0.2, -0.15) is 0 Å². The molecule has 0 radical (unpaired) electrons. The largest absolute Gasteiger partial charge is 0.347 e. The maximum absolute atomic E-state index is 8.89. The summed E-state index contributed by atoms with van der Waals surface area (Å²) < 4.78 is 0. The highest BCUT2D eigenvalue weighted by molar-refractivity contribution is 6.18. The first-order valence-corrected chi connectivity index (χ1v) is 3.04. The van der Waals surface area contributed by atoms with Crippen molar-refractivity contribution in [1.29, 1.82) is 0 Å². The summed E-state index contributed by atoms with van der Waals surface area (Å²) in [4.78, 5) is 2.78. The lowest BCUT2D eigenvalue weighted by atomic mass is 10.6. The molecule has 1 aromatic rings. The van der Waals surface area contributed by atoms with E-state index in [0.717, 1.165) is 5.06 Å². The van der Waals surface area contributed by atoms with Gasteiger partial charge in [0.05, 0.1) is 0 Å². The first kappa shape index (κ1) is 6.45. The van der Waals surface area contributed by atoms with Gasteiger partial charge >= 0.3 is 0 Å². The van der Waals surface area contributed by atoms with Crippen molar-refractivity contribution < 1.29 is 5.21 Å². The van der Waals surface area contributed by atoms with Crippen LogP contribution in [0.5, 0.6) is 0 Å². The van der Waals surface area contributed by atoms with E-state index in [4.69, 9.17) is 16.8 Å². The van der Waals surface area contributed by atoms with Gasteiger partial charge in [-0.25, -0.2) is 5.06 Å². The Bertz CT molecular complexity index is 163. The van der Waals surface area contributed by atoms with Gasteiger partial charge in [-0.1, -0.05) is 0 Å². The Kier molecular flexibility index (Phi) is 1.97. The summed E-state index contributed by atoms with van der Waals surface area (Å²) in [5.41, 5.74) is 0. The average Bonchev–Trinajstić information content (AvgIpc) is 2.37. The molecule has 9 heavy (non-hydrogen) atoms. The smallest absolute Gasteiger partial charge is 0.131 e. The summed E-state index contributed by atoms with van der Waals surface area (Å²) >= 11 is 5.30. The second-order valence-corrected chi connectivity index (χ2v) is 1.81. The second kappa shape index (κ2) is 2.75. The van der Waals surface area contributed by atoms with Crippen LogP contribution in [-0.4, -0.2) is 16.2 Å². The number of H-pyrrole nitrogens is 1. The third kappa shape index (κ3) is 1.37. The maximum Gasteiger partial charge on any atom is 0.131 e. The number of hydrogen-bond donors (Lipinski definition) is 2. The molecule has 0 atom stereocenters. The van der Waals surface area contributed by atoms with Crippen LogP contribution in [0, 0.1) is 0 Å². The van der Waals surface area contributed by atoms with Crippen molar-refractivity contribution in [2.75, 3.05) is 11.1 Å². The molecule has 0 fully saturated rings. The summed E-state index contributed by atoms with van der Waals surface area (Å²) in [6.07, 6.45) is 1.71. The minimum Gasteiger partial charge on any atom is -0.347 e. The predicted molar refractivity (Wildman–Crippen MR) is 35.8 cm³/mol. The number of aromatic amines is 1. The fourth-order valence-electron chi connectivity index (χ4n) is 0.546. The molecule has 0 saturated carbocycles. The molecule has 0 spiro atoms. The van der Waals surface area contributed by atoms with Gasteiger partial charge in [-0.3, -0.25) is 5.21 Å². The van der Waals surface area contributed by atoms with Crippen LogP contribution >= 0.6 is 11.6 Å². The van der Waals surface area contributed by atoms with Crippen molar-refractivity contribution in [1.82, 2.24) is 4.98 Å².